The first-order valence-corrected chi connectivity index (χ1v) is 7.50. The predicted molar refractivity (Wildman–Crippen MR) is 81.9 cm³/mol. The Bertz CT molecular complexity index is 582. The van der Waals surface area contributed by atoms with E-state index >= 15 is 0 Å². The van der Waals surface area contributed by atoms with Crippen molar-refractivity contribution in [1.82, 2.24) is 5.32 Å². The molecule has 4 heteroatoms. The molecule has 2 amide bonds. The van der Waals surface area contributed by atoms with Crippen molar-refractivity contribution in [2.45, 2.75) is 19.3 Å². The molecule has 2 atom stereocenters. The zero-order chi connectivity index (χ0) is 14.8. The van der Waals surface area contributed by atoms with Crippen molar-refractivity contribution in [1.29, 1.82) is 0 Å². The number of carbonyl (C=O) groups excluding carboxylic acids is 2. The molecule has 3 rings (SSSR count). The number of amides is 2. The van der Waals surface area contributed by atoms with Gasteiger partial charge in [0.15, 0.2) is 0 Å². The van der Waals surface area contributed by atoms with Crippen molar-refractivity contribution in [2.24, 2.45) is 11.8 Å². The van der Waals surface area contributed by atoms with Crippen LogP contribution in [0.15, 0.2) is 36.9 Å². The molecule has 110 valence electrons. The Morgan fingerprint density at radius 2 is 2.14 bits per heavy atom. The van der Waals surface area contributed by atoms with Gasteiger partial charge in [-0.1, -0.05) is 24.3 Å². The van der Waals surface area contributed by atoms with Gasteiger partial charge in [0.05, 0.1) is 11.8 Å². The SMILES string of the molecule is C=CCNC(=O)C1CC1C(=O)N1CCCc2ccccc21. The first-order chi connectivity index (χ1) is 10.2. The minimum Gasteiger partial charge on any atom is -0.352 e. The number of hydrogen-bond acceptors (Lipinski definition) is 2. The van der Waals surface area contributed by atoms with E-state index in [1.54, 1.807) is 6.08 Å². The van der Waals surface area contributed by atoms with E-state index in [0.29, 0.717) is 13.0 Å². The first kappa shape index (κ1) is 13.9. The molecule has 0 aromatic heterocycles. The van der Waals surface area contributed by atoms with Crippen LogP contribution >= 0.6 is 0 Å². The summed E-state index contributed by atoms with van der Waals surface area (Å²) < 4.78 is 0. The Hall–Kier alpha value is -2.10. The number of nitrogens with one attached hydrogen (secondary N) is 1. The van der Waals surface area contributed by atoms with Crippen molar-refractivity contribution in [3.05, 3.63) is 42.5 Å². The van der Waals surface area contributed by atoms with E-state index in [0.717, 1.165) is 25.1 Å². The number of para-hydroxylation sites is 1. The van der Waals surface area contributed by atoms with E-state index in [1.807, 2.05) is 23.1 Å². The van der Waals surface area contributed by atoms with Crippen LogP contribution in [0.2, 0.25) is 0 Å². The highest BCUT2D eigenvalue weighted by atomic mass is 16.2. The first-order valence-electron chi connectivity index (χ1n) is 7.50. The Morgan fingerprint density at radius 1 is 1.33 bits per heavy atom. The monoisotopic (exact) mass is 284 g/mol. The summed E-state index contributed by atoms with van der Waals surface area (Å²) in [6, 6.07) is 8.05. The minimum absolute atomic E-state index is 0.0291. The normalized spacial score (nSPS) is 23.1. The smallest absolute Gasteiger partial charge is 0.230 e. The number of anilines is 1. The summed E-state index contributed by atoms with van der Waals surface area (Å²) in [4.78, 5) is 26.4. The van der Waals surface area contributed by atoms with Crippen molar-refractivity contribution in [3.63, 3.8) is 0 Å². The van der Waals surface area contributed by atoms with Crippen molar-refractivity contribution in [2.75, 3.05) is 18.0 Å². The summed E-state index contributed by atoms with van der Waals surface area (Å²) >= 11 is 0. The number of rotatable bonds is 4. The van der Waals surface area contributed by atoms with Crippen molar-refractivity contribution >= 4 is 17.5 Å². The van der Waals surface area contributed by atoms with Crippen LogP contribution in [0.5, 0.6) is 0 Å². The summed E-state index contributed by atoms with van der Waals surface area (Å²) in [5.74, 6) is -0.244. The van der Waals surface area contributed by atoms with Gasteiger partial charge in [-0.3, -0.25) is 9.59 Å². The largest absolute Gasteiger partial charge is 0.352 e. The van der Waals surface area contributed by atoms with Crippen LogP contribution in [-0.2, 0) is 16.0 Å². The van der Waals surface area contributed by atoms with Gasteiger partial charge in [-0.2, -0.15) is 0 Å². The quantitative estimate of drug-likeness (QED) is 0.859. The summed E-state index contributed by atoms with van der Waals surface area (Å²) in [7, 11) is 0. The molecule has 1 aromatic rings. The second-order valence-electron chi connectivity index (χ2n) is 5.70. The molecular formula is C17H20N2O2. The number of aryl methyl sites for hydroxylation is 1. The molecule has 2 unspecified atom stereocenters. The van der Waals surface area contributed by atoms with Gasteiger partial charge < -0.3 is 10.2 Å². The van der Waals surface area contributed by atoms with Crippen LogP contribution in [0.4, 0.5) is 5.69 Å². The number of carbonyl (C=O) groups is 2. The number of hydrogen-bond donors (Lipinski definition) is 1. The highest BCUT2D eigenvalue weighted by molar-refractivity contribution is 6.01. The van der Waals surface area contributed by atoms with Crippen LogP contribution in [0.1, 0.15) is 18.4 Å². The van der Waals surface area contributed by atoms with Gasteiger partial charge in [-0.25, -0.2) is 0 Å². The highest BCUT2D eigenvalue weighted by Gasteiger charge is 2.49. The second kappa shape index (κ2) is 5.72. The fourth-order valence-electron chi connectivity index (χ4n) is 3.02. The van der Waals surface area contributed by atoms with Gasteiger partial charge in [0, 0.05) is 18.8 Å². The molecule has 0 bridgehead atoms. The van der Waals surface area contributed by atoms with Crippen LogP contribution in [0.25, 0.3) is 0 Å². The standard InChI is InChI=1S/C17H20N2O2/c1-2-9-18-16(20)13-11-14(13)17(21)19-10-5-7-12-6-3-4-8-15(12)19/h2-4,6,8,13-14H,1,5,7,9-11H2,(H,18,20). The molecule has 0 radical (unpaired) electrons. The van der Waals surface area contributed by atoms with E-state index in [-0.39, 0.29) is 23.7 Å². The van der Waals surface area contributed by atoms with Crippen molar-refractivity contribution < 1.29 is 9.59 Å². The van der Waals surface area contributed by atoms with E-state index in [4.69, 9.17) is 0 Å². The van der Waals surface area contributed by atoms with Crippen LogP contribution in [0.3, 0.4) is 0 Å². The van der Waals surface area contributed by atoms with Gasteiger partial charge in [0.25, 0.3) is 0 Å². The summed E-state index contributed by atoms with van der Waals surface area (Å²) in [6.07, 6.45) is 4.33. The molecule has 1 fully saturated rings. The maximum Gasteiger partial charge on any atom is 0.230 e. The average molecular weight is 284 g/mol. The van der Waals surface area contributed by atoms with Crippen LogP contribution in [0, 0.1) is 11.8 Å². The fourth-order valence-corrected chi connectivity index (χ4v) is 3.02. The molecule has 21 heavy (non-hydrogen) atoms. The van der Waals surface area contributed by atoms with E-state index in [9.17, 15) is 9.59 Å². The Kier molecular flexibility index (Phi) is 3.78. The zero-order valence-corrected chi connectivity index (χ0v) is 12.0. The van der Waals surface area contributed by atoms with Crippen LogP contribution in [-0.4, -0.2) is 24.9 Å². The van der Waals surface area contributed by atoms with Gasteiger partial charge in [0.2, 0.25) is 11.8 Å². The third-order valence-corrected chi connectivity index (χ3v) is 4.24. The molecule has 1 aromatic carbocycles. The van der Waals surface area contributed by atoms with E-state index in [2.05, 4.69) is 18.0 Å². The summed E-state index contributed by atoms with van der Waals surface area (Å²) in [5.41, 5.74) is 2.25. The number of fused-ring (bicyclic) bond motifs is 1. The Labute approximate surface area is 124 Å². The van der Waals surface area contributed by atoms with Gasteiger partial charge in [-0.05, 0) is 30.9 Å². The third kappa shape index (κ3) is 2.71. The second-order valence-corrected chi connectivity index (χ2v) is 5.70. The third-order valence-electron chi connectivity index (χ3n) is 4.24. The summed E-state index contributed by atoms with van der Waals surface area (Å²) in [5, 5.41) is 2.77. The van der Waals surface area contributed by atoms with Gasteiger partial charge in [0.1, 0.15) is 0 Å². The van der Waals surface area contributed by atoms with E-state index in [1.165, 1.54) is 5.56 Å². The lowest BCUT2D eigenvalue weighted by molar-refractivity contribution is -0.126. The number of nitrogens with zero attached hydrogens (tertiary/aromatic N) is 1. The molecule has 1 aliphatic heterocycles. The molecule has 2 aliphatic rings. The lowest BCUT2D eigenvalue weighted by atomic mass is 10.0. The number of benzene rings is 1. The zero-order valence-electron chi connectivity index (χ0n) is 12.0. The highest BCUT2D eigenvalue weighted by Crippen LogP contribution is 2.42. The summed E-state index contributed by atoms with van der Waals surface area (Å²) in [6.45, 7) is 4.79. The molecular weight excluding hydrogens is 264 g/mol. The molecule has 1 saturated carbocycles. The Morgan fingerprint density at radius 3 is 2.95 bits per heavy atom. The average Bonchev–Trinajstić information content (AvgIpc) is 3.32. The van der Waals surface area contributed by atoms with E-state index < -0.39 is 0 Å². The topological polar surface area (TPSA) is 49.4 Å². The minimum atomic E-state index is -0.161. The van der Waals surface area contributed by atoms with Gasteiger partial charge in [-0.15, -0.1) is 6.58 Å². The molecule has 1 heterocycles. The molecule has 1 N–H and O–H groups in total. The maximum absolute atomic E-state index is 12.6. The molecule has 1 aliphatic carbocycles. The fraction of sp³-hybridized carbons (Fsp3) is 0.412. The molecule has 0 saturated heterocycles. The maximum atomic E-state index is 12.6. The lowest BCUT2D eigenvalue weighted by Crippen LogP contribution is -2.38. The molecule has 0 spiro atoms. The lowest BCUT2D eigenvalue weighted by Gasteiger charge is -2.29. The van der Waals surface area contributed by atoms with Crippen LogP contribution < -0.4 is 10.2 Å². The predicted octanol–water partition coefficient (Wildman–Crippen LogP) is 1.90. The van der Waals surface area contributed by atoms with Gasteiger partial charge >= 0.3 is 0 Å². The van der Waals surface area contributed by atoms with Crippen molar-refractivity contribution in [3.8, 4) is 0 Å². The molecule has 4 nitrogen and oxygen atoms in total. The Balaban J connectivity index is 1.68.